The van der Waals surface area contributed by atoms with Gasteiger partial charge in [0.25, 0.3) is 0 Å². The Labute approximate surface area is 77.7 Å². The highest BCUT2D eigenvalue weighted by atomic mass is 16.4. The zero-order valence-electron chi connectivity index (χ0n) is 7.65. The number of rotatable bonds is 3. The van der Waals surface area contributed by atoms with Crippen LogP contribution in [0.1, 0.15) is 32.1 Å². The zero-order valence-corrected chi connectivity index (χ0v) is 7.65. The Morgan fingerprint density at radius 3 is 2.77 bits per heavy atom. The minimum atomic E-state index is -0.944. The molecule has 3 unspecified atom stereocenters. The number of aliphatic hydroxyl groups excluding tert-OH is 1. The number of hydrogen-bond acceptors (Lipinski definition) is 3. The van der Waals surface area contributed by atoms with E-state index < -0.39 is 12.0 Å². The largest absolute Gasteiger partial charge is 0.480 e. The lowest BCUT2D eigenvalue weighted by Crippen LogP contribution is -2.34. The van der Waals surface area contributed by atoms with Crippen LogP contribution in [0.25, 0.3) is 0 Å². The van der Waals surface area contributed by atoms with Gasteiger partial charge < -0.3 is 15.9 Å². The van der Waals surface area contributed by atoms with Crippen molar-refractivity contribution in [1.82, 2.24) is 0 Å². The van der Waals surface area contributed by atoms with Gasteiger partial charge in [0.1, 0.15) is 6.04 Å². The summed E-state index contributed by atoms with van der Waals surface area (Å²) in [5.41, 5.74) is 5.41. The van der Waals surface area contributed by atoms with E-state index in [0.29, 0.717) is 12.8 Å². The van der Waals surface area contributed by atoms with Crippen LogP contribution >= 0.6 is 0 Å². The Hall–Kier alpha value is -0.610. The van der Waals surface area contributed by atoms with Gasteiger partial charge >= 0.3 is 5.97 Å². The fourth-order valence-corrected chi connectivity index (χ4v) is 1.94. The summed E-state index contributed by atoms with van der Waals surface area (Å²) < 4.78 is 0. The molecule has 0 aromatic rings. The average molecular weight is 187 g/mol. The molecule has 1 saturated carbocycles. The molecule has 0 aromatic heterocycles. The molecule has 4 heteroatoms. The van der Waals surface area contributed by atoms with Gasteiger partial charge in [0.2, 0.25) is 0 Å². The molecule has 13 heavy (non-hydrogen) atoms. The molecule has 0 spiro atoms. The molecule has 1 aliphatic rings. The molecule has 3 atom stereocenters. The Balaban J connectivity index is 2.31. The van der Waals surface area contributed by atoms with E-state index in [1.165, 1.54) is 0 Å². The van der Waals surface area contributed by atoms with E-state index in [-0.39, 0.29) is 12.0 Å². The van der Waals surface area contributed by atoms with Crippen molar-refractivity contribution in [2.24, 2.45) is 11.7 Å². The van der Waals surface area contributed by atoms with Crippen molar-refractivity contribution >= 4 is 5.97 Å². The summed E-state index contributed by atoms with van der Waals surface area (Å²) in [5, 5.41) is 17.9. The first-order valence-corrected chi connectivity index (χ1v) is 4.76. The minimum absolute atomic E-state index is 0.250. The van der Waals surface area contributed by atoms with Crippen molar-refractivity contribution in [3.63, 3.8) is 0 Å². The molecule has 1 fully saturated rings. The smallest absolute Gasteiger partial charge is 0.320 e. The first-order chi connectivity index (χ1) is 6.09. The van der Waals surface area contributed by atoms with Crippen LogP contribution in [0.4, 0.5) is 0 Å². The second kappa shape index (κ2) is 4.58. The monoisotopic (exact) mass is 187 g/mol. The van der Waals surface area contributed by atoms with Crippen LogP contribution in [0.5, 0.6) is 0 Å². The first-order valence-electron chi connectivity index (χ1n) is 4.76. The van der Waals surface area contributed by atoms with Crippen molar-refractivity contribution in [2.75, 3.05) is 0 Å². The van der Waals surface area contributed by atoms with Crippen molar-refractivity contribution in [3.8, 4) is 0 Å². The van der Waals surface area contributed by atoms with Crippen LogP contribution < -0.4 is 5.73 Å². The molecule has 0 radical (unpaired) electrons. The van der Waals surface area contributed by atoms with E-state index in [4.69, 9.17) is 10.8 Å². The third-order valence-electron chi connectivity index (χ3n) is 2.66. The molecule has 0 amide bonds. The fraction of sp³-hybridized carbons (Fsp3) is 0.889. The van der Waals surface area contributed by atoms with Gasteiger partial charge in [-0.2, -0.15) is 0 Å². The summed E-state index contributed by atoms with van der Waals surface area (Å²) >= 11 is 0. The standard InChI is InChI=1S/C9H17NO3/c10-8(9(12)13)5-6-2-1-3-7(11)4-6/h6-8,11H,1-5,10H2,(H,12,13). The summed E-state index contributed by atoms with van der Waals surface area (Å²) in [6.07, 6.45) is 3.78. The van der Waals surface area contributed by atoms with Crippen molar-refractivity contribution < 1.29 is 15.0 Å². The molecular formula is C9H17NO3. The molecule has 76 valence electrons. The van der Waals surface area contributed by atoms with Crippen LogP contribution in [0.3, 0.4) is 0 Å². The molecule has 0 saturated heterocycles. The number of aliphatic carboxylic acids is 1. The molecule has 4 nitrogen and oxygen atoms in total. The van der Waals surface area contributed by atoms with Crippen LogP contribution in [0, 0.1) is 5.92 Å². The van der Waals surface area contributed by atoms with Gasteiger partial charge in [-0.15, -0.1) is 0 Å². The second-order valence-electron chi connectivity index (χ2n) is 3.87. The highest BCUT2D eigenvalue weighted by Crippen LogP contribution is 2.27. The number of carboxylic acids is 1. The molecule has 1 aliphatic carbocycles. The number of nitrogens with two attached hydrogens (primary N) is 1. The third kappa shape index (κ3) is 3.32. The summed E-state index contributed by atoms with van der Waals surface area (Å²) in [6.45, 7) is 0. The Morgan fingerprint density at radius 1 is 1.54 bits per heavy atom. The molecule has 0 aliphatic heterocycles. The van der Waals surface area contributed by atoms with Crippen molar-refractivity contribution in [2.45, 2.75) is 44.2 Å². The van der Waals surface area contributed by atoms with Gasteiger partial charge in [-0.1, -0.05) is 12.8 Å². The molecular weight excluding hydrogens is 170 g/mol. The SMILES string of the molecule is NC(CC1CCCC(O)C1)C(=O)O. The van der Waals surface area contributed by atoms with Gasteiger partial charge in [0, 0.05) is 0 Å². The molecule has 0 aromatic carbocycles. The molecule has 0 bridgehead atoms. The van der Waals surface area contributed by atoms with Gasteiger partial charge in [-0.3, -0.25) is 4.79 Å². The maximum Gasteiger partial charge on any atom is 0.320 e. The number of carboxylic acid groups (broad SMARTS) is 1. The predicted molar refractivity (Wildman–Crippen MR) is 48.2 cm³/mol. The molecule has 1 rings (SSSR count). The van der Waals surface area contributed by atoms with E-state index >= 15 is 0 Å². The van der Waals surface area contributed by atoms with E-state index in [1.54, 1.807) is 0 Å². The Bertz CT molecular complexity index is 184. The topological polar surface area (TPSA) is 83.5 Å². The highest BCUT2D eigenvalue weighted by molar-refractivity contribution is 5.73. The van der Waals surface area contributed by atoms with Gasteiger partial charge in [-0.05, 0) is 25.2 Å². The lowest BCUT2D eigenvalue weighted by molar-refractivity contribution is -0.139. The number of hydrogen-bond donors (Lipinski definition) is 3. The molecule has 0 heterocycles. The Morgan fingerprint density at radius 2 is 2.23 bits per heavy atom. The van der Waals surface area contributed by atoms with Crippen molar-refractivity contribution in [1.29, 1.82) is 0 Å². The number of aliphatic hydroxyl groups is 1. The first kappa shape index (κ1) is 10.5. The summed E-state index contributed by atoms with van der Waals surface area (Å²) in [6, 6.07) is -0.768. The van der Waals surface area contributed by atoms with Crippen molar-refractivity contribution in [3.05, 3.63) is 0 Å². The third-order valence-corrected chi connectivity index (χ3v) is 2.66. The van der Waals surface area contributed by atoms with E-state index in [0.717, 1.165) is 19.3 Å². The quantitative estimate of drug-likeness (QED) is 0.595. The normalized spacial score (nSPS) is 31.2. The van der Waals surface area contributed by atoms with E-state index in [9.17, 15) is 9.90 Å². The van der Waals surface area contributed by atoms with Gasteiger partial charge in [-0.25, -0.2) is 0 Å². The van der Waals surface area contributed by atoms with E-state index in [2.05, 4.69) is 0 Å². The zero-order chi connectivity index (χ0) is 9.84. The maximum absolute atomic E-state index is 10.5. The highest BCUT2D eigenvalue weighted by Gasteiger charge is 2.24. The summed E-state index contributed by atoms with van der Waals surface area (Å²) in [5.74, 6) is -0.657. The maximum atomic E-state index is 10.5. The Kier molecular flexibility index (Phi) is 3.69. The van der Waals surface area contributed by atoms with Crippen LogP contribution in [0.15, 0.2) is 0 Å². The number of carbonyl (C=O) groups is 1. The summed E-state index contributed by atoms with van der Waals surface area (Å²) in [7, 11) is 0. The summed E-state index contributed by atoms with van der Waals surface area (Å²) in [4.78, 5) is 10.5. The minimum Gasteiger partial charge on any atom is -0.480 e. The fourth-order valence-electron chi connectivity index (χ4n) is 1.94. The van der Waals surface area contributed by atoms with Crippen LogP contribution in [-0.2, 0) is 4.79 Å². The average Bonchev–Trinajstić information content (AvgIpc) is 2.04. The van der Waals surface area contributed by atoms with Crippen LogP contribution in [-0.4, -0.2) is 28.3 Å². The van der Waals surface area contributed by atoms with Crippen LogP contribution in [0.2, 0.25) is 0 Å². The van der Waals surface area contributed by atoms with Gasteiger partial charge in [0.05, 0.1) is 6.10 Å². The lowest BCUT2D eigenvalue weighted by atomic mass is 9.83. The predicted octanol–water partition coefficient (Wildman–Crippen LogP) is 0.339. The van der Waals surface area contributed by atoms with E-state index in [1.807, 2.05) is 0 Å². The second-order valence-corrected chi connectivity index (χ2v) is 3.87. The van der Waals surface area contributed by atoms with Gasteiger partial charge in [0.15, 0.2) is 0 Å². The lowest BCUT2D eigenvalue weighted by Gasteiger charge is -2.26. The molecule has 4 N–H and O–H groups in total.